The molecule has 0 aliphatic carbocycles. The van der Waals surface area contributed by atoms with Crippen LogP contribution >= 0.6 is 0 Å². The van der Waals surface area contributed by atoms with Crippen LogP contribution in [0.2, 0.25) is 0 Å². The molecule has 0 bridgehead atoms. The van der Waals surface area contributed by atoms with E-state index in [0.29, 0.717) is 36.0 Å². The molecule has 0 unspecified atom stereocenters. The number of hydrogen-bond acceptors (Lipinski definition) is 7. The maximum atomic E-state index is 12.6. The van der Waals surface area contributed by atoms with Gasteiger partial charge in [0, 0.05) is 22.9 Å². The lowest BCUT2D eigenvalue weighted by Gasteiger charge is -2.09. The van der Waals surface area contributed by atoms with E-state index in [2.05, 4.69) is 15.2 Å². The van der Waals surface area contributed by atoms with Gasteiger partial charge >= 0.3 is 0 Å². The molecular weight excluding hydrogens is 470 g/mol. The molecule has 3 rings (SSSR count). The third-order valence-electron chi connectivity index (χ3n) is 4.69. The van der Waals surface area contributed by atoms with E-state index in [0.717, 1.165) is 6.42 Å². The zero-order chi connectivity index (χ0) is 25.3. The Balaban J connectivity index is 1.58. The van der Waals surface area contributed by atoms with E-state index in [1.807, 2.05) is 13.8 Å². The van der Waals surface area contributed by atoms with Crippen molar-refractivity contribution in [2.24, 2.45) is 5.10 Å². The molecular formula is C25H27N3O6S. The second-order valence-electron chi connectivity index (χ2n) is 7.36. The highest BCUT2D eigenvalue weighted by Crippen LogP contribution is 2.23. The summed E-state index contributed by atoms with van der Waals surface area (Å²) in [6, 6.07) is 16.8. The average molecular weight is 498 g/mol. The number of sulfonamides is 1. The maximum absolute atomic E-state index is 12.6. The Morgan fingerprint density at radius 2 is 1.66 bits per heavy atom. The highest BCUT2D eigenvalue weighted by atomic mass is 32.2. The lowest BCUT2D eigenvalue weighted by atomic mass is 10.2. The molecule has 0 fully saturated rings. The molecule has 3 N–H and O–H groups in total. The lowest BCUT2D eigenvalue weighted by Crippen LogP contribution is -2.18. The summed E-state index contributed by atoms with van der Waals surface area (Å²) in [5, 5.41) is 13.9. The fourth-order valence-corrected chi connectivity index (χ4v) is 4.01. The van der Waals surface area contributed by atoms with Crippen molar-refractivity contribution in [3.05, 3.63) is 77.9 Å². The molecule has 35 heavy (non-hydrogen) atoms. The number of rotatable bonds is 11. The number of carbonyl (C=O) groups excluding carboxylic acids is 1. The predicted molar refractivity (Wildman–Crippen MR) is 134 cm³/mol. The van der Waals surface area contributed by atoms with Gasteiger partial charge in [-0.25, -0.2) is 13.8 Å². The smallest absolute Gasteiger partial charge is 0.271 e. The Morgan fingerprint density at radius 1 is 0.971 bits per heavy atom. The van der Waals surface area contributed by atoms with Crippen LogP contribution in [0.1, 0.15) is 36.2 Å². The third kappa shape index (κ3) is 7.21. The van der Waals surface area contributed by atoms with Crippen molar-refractivity contribution >= 4 is 27.8 Å². The summed E-state index contributed by atoms with van der Waals surface area (Å²) in [6.07, 6.45) is 2.17. The lowest BCUT2D eigenvalue weighted by molar-refractivity contribution is 0.0955. The molecule has 0 heterocycles. The van der Waals surface area contributed by atoms with Crippen LogP contribution in [0, 0.1) is 0 Å². The van der Waals surface area contributed by atoms with Gasteiger partial charge in [-0.3, -0.25) is 9.52 Å². The molecule has 0 spiro atoms. The minimum atomic E-state index is -3.80. The molecule has 0 saturated heterocycles. The average Bonchev–Trinajstić information content (AvgIpc) is 2.84. The molecule has 0 atom stereocenters. The van der Waals surface area contributed by atoms with Crippen molar-refractivity contribution in [2.45, 2.75) is 25.2 Å². The Kier molecular flexibility index (Phi) is 8.69. The number of phenolic OH excluding ortho intramolecular Hbond substituents is 1. The van der Waals surface area contributed by atoms with Gasteiger partial charge in [-0.1, -0.05) is 6.92 Å². The second-order valence-corrected chi connectivity index (χ2v) is 9.04. The maximum Gasteiger partial charge on any atom is 0.271 e. The van der Waals surface area contributed by atoms with Gasteiger partial charge in [-0.15, -0.1) is 0 Å². The normalized spacial score (nSPS) is 11.3. The van der Waals surface area contributed by atoms with Crippen LogP contribution in [0.3, 0.4) is 0 Å². The number of nitrogens with zero attached hydrogens (tertiary/aromatic N) is 1. The van der Waals surface area contributed by atoms with Gasteiger partial charge in [0.25, 0.3) is 15.9 Å². The van der Waals surface area contributed by atoms with Crippen molar-refractivity contribution in [3.63, 3.8) is 0 Å². The van der Waals surface area contributed by atoms with Crippen LogP contribution in [0.25, 0.3) is 0 Å². The topological polar surface area (TPSA) is 126 Å². The standard InChI is InChI=1S/C25H27N3O6S/c1-3-15-34-22-10-7-19(24(29)16-22)17-26-27-25(30)18-5-8-20(9-6-18)28-35(31,32)23-13-11-21(12-14-23)33-4-2/h5-14,16-17,28-29H,3-4,15H2,1-2H3,(H,27,30). The molecule has 0 radical (unpaired) electrons. The van der Waals surface area contributed by atoms with Gasteiger partial charge in [-0.05, 0) is 74.0 Å². The monoisotopic (exact) mass is 497 g/mol. The number of ether oxygens (including phenoxy) is 2. The molecule has 0 aliphatic rings. The van der Waals surface area contributed by atoms with E-state index in [1.165, 1.54) is 48.7 Å². The van der Waals surface area contributed by atoms with E-state index in [1.54, 1.807) is 24.3 Å². The van der Waals surface area contributed by atoms with Crippen LogP contribution in [0.5, 0.6) is 17.2 Å². The van der Waals surface area contributed by atoms with Gasteiger partial charge in [0.15, 0.2) is 0 Å². The molecule has 0 saturated carbocycles. The van der Waals surface area contributed by atoms with E-state index < -0.39 is 15.9 Å². The van der Waals surface area contributed by atoms with Gasteiger partial charge in [-0.2, -0.15) is 5.10 Å². The first-order chi connectivity index (χ1) is 16.8. The van der Waals surface area contributed by atoms with Gasteiger partial charge < -0.3 is 14.6 Å². The first kappa shape index (κ1) is 25.6. The molecule has 9 nitrogen and oxygen atoms in total. The molecule has 3 aromatic rings. The summed E-state index contributed by atoms with van der Waals surface area (Å²) >= 11 is 0. The van der Waals surface area contributed by atoms with Gasteiger partial charge in [0.1, 0.15) is 17.2 Å². The fourth-order valence-electron chi connectivity index (χ4n) is 2.95. The predicted octanol–water partition coefficient (Wildman–Crippen LogP) is 4.14. The molecule has 0 aliphatic heterocycles. The molecule has 3 aromatic carbocycles. The number of phenols is 1. The third-order valence-corrected chi connectivity index (χ3v) is 6.09. The van der Waals surface area contributed by atoms with Gasteiger partial charge in [0.05, 0.1) is 24.3 Å². The first-order valence-corrected chi connectivity index (χ1v) is 12.5. The van der Waals surface area contributed by atoms with Crippen LogP contribution in [0.4, 0.5) is 5.69 Å². The highest BCUT2D eigenvalue weighted by molar-refractivity contribution is 7.92. The van der Waals surface area contributed by atoms with Crippen LogP contribution in [0.15, 0.2) is 76.7 Å². The SMILES string of the molecule is CCCOc1ccc(C=NNC(=O)c2ccc(NS(=O)(=O)c3ccc(OCC)cc3)cc2)c(O)c1. The number of nitrogens with one attached hydrogen (secondary N) is 2. The van der Waals surface area contributed by atoms with Gasteiger partial charge in [0.2, 0.25) is 0 Å². The highest BCUT2D eigenvalue weighted by Gasteiger charge is 2.15. The minimum Gasteiger partial charge on any atom is -0.507 e. The number of hydrazone groups is 1. The quantitative estimate of drug-likeness (QED) is 0.270. The van der Waals surface area contributed by atoms with Crippen LogP contribution < -0.4 is 19.6 Å². The number of anilines is 1. The summed E-state index contributed by atoms with van der Waals surface area (Å²) in [6.45, 7) is 4.86. The fraction of sp³-hybridized carbons (Fsp3) is 0.200. The second kappa shape index (κ2) is 11.9. The van der Waals surface area contributed by atoms with E-state index in [4.69, 9.17) is 9.47 Å². The van der Waals surface area contributed by atoms with Crippen LogP contribution in [-0.4, -0.2) is 38.9 Å². The zero-order valence-corrected chi connectivity index (χ0v) is 20.2. The molecule has 1 amide bonds. The summed E-state index contributed by atoms with van der Waals surface area (Å²) < 4.78 is 38.4. The Bertz CT molecular complexity index is 1270. The van der Waals surface area contributed by atoms with Crippen molar-refractivity contribution in [3.8, 4) is 17.2 Å². The number of aromatic hydroxyl groups is 1. The Hall–Kier alpha value is -4.05. The molecule has 10 heteroatoms. The van der Waals surface area contributed by atoms with E-state index in [9.17, 15) is 18.3 Å². The van der Waals surface area contributed by atoms with Crippen molar-refractivity contribution in [1.82, 2.24) is 5.43 Å². The number of hydrogen-bond donors (Lipinski definition) is 3. The number of benzene rings is 3. The Labute approximate surface area is 204 Å². The van der Waals surface area contributed by atoms with Crippen molar-refractivity contribution < 1.29 is 27.8 Å². The molecule has 0 aromatic heterocycles. The summed E-state index contributed by atoms with van der Waals surface area (Å²) in [5.41, 5.74) is 3.36. The number of amides is 1. The summed E-state index contributed by atoms with van der Waals surface area (Å²) in [5.74, 6) is 0.604. The van der Waals surface area contributed by atoms with E-state index in [-0.39, 0.29) is 16.2 Å². The largest absolute Gasteiger partial charge is 0.507 e. The van der Waals surface area contributed by atoms with E-state index >= 15 is 0 Å². The van der Waals surface area contributed by atoms with Crippen LogP contribution in [-0.2, 0) is 10.0 Å². The summed E-state index contributed by atoms with van der Waals surface area (Å²) in [4.78, 5) is 12.4. The first-order valence-electron chi connectivity index (χ1n) is 11.0. The number of carbonyl (C=O) groups is 1. The zero-order valence-electron chi connectivity index (χ0n) is 19.4. The van der Waals surface area contributed by atoms with Crippen molar-refractivity contribution in [1.29, 1.82) is 0 Å². The Morgan fingerprint density at radius 3 is 2.29 bits per heavy atom. The molecule has 184 valence electrons. The van der Waals surface area contributed by atoms with Crippen molar-refractivity contribution in [2.75, 3.05) is 17.9 Å². The summed E-state index contributed by atoms with van der Waals surface area (Å²) in [7, 11) is -3.80. The minimum absolute atomic E-state index is 0.0271.